The van der Waals surface area contributed by atoms with Crippen molar-refractivity contribution in [1.29, 1.82) is 0 Å². The molecule has 1 atom stereocenters. The molecule has 1 heterocycles. The molecule has 0 amide bonds. The summed E-state index contributed by atoms with van der Waals surface area (Å²) >= 11 is 1.61. The average Bonchev–Trinajstić information content (AvgIpc) is 2.73. The van der Waals surface area contributed by atoms with Crippen molar-refractivity contribution in [2.75, 3.05) is 12.3 Å². The summed E-state index contributed by atoms with van der Waals surface area (Å²) in [7, 11) is 0. The summed E-state index contributed by atoms with van der Waals surface area (Å²) in [6.45, 7) is 8.09. The second kappa shape index (κ2) is 8.47. The lowest BCUT2D eigenvalue weighted by Gasteiger charge is -2.36. The third-order valence-corrected chi connectivity index (χ3v) is 6.92. The number of ether oxygens (including phenoxy) is 1. The molecule has 0 aromatic heterocycles. The molecule has 1 aliphatic rings. The number of aliphatic imine (C=N–C) groups is 1. The number of phenols is 3. The number of fused-ring (bicyclic) bond motifs is 1. The Morgan fingerprint density at radius 1 is 1.17 bits per heavy atom. The normalized spacial score (nSPS) is 19.0. The van der Waals surface area contributed by atoms with Crippen LogP contribution in [0.1, 0.15) is 29.2 Å². The molecule has 5 N–H and O–H groups in total. The van der Waals surface area contributed by atoms with Gasteiger partial charge in [0.1, 0.15) is 17.2 Å². The fraction of sp³-hybridized carbons (Fsp3) is 0.364. The van der Waals surface area contributed by atoms with E-state index in [4.69, 9.17) is 10.6 Å². The van der Waals surface area contributed by atoms with Gasteiger partial charge >= 0.3 is 0 Å². The molecule has 160 valence electrons. The van der Waals surface area contributed by atoms with Crippen molar-refractivity contribution in [1.82, 2.24) is 0 Å². The van der Waals surface area contributed by atoms with Crippen molar-refractivity contribution in [2.45, 2.75) is 44.6 Å². The summed E-state index contributed by atoms with van der Waals surface area (Å²) in [5.74, 6) is 7.01. The fourth-order valence-corrected chi connectivity index (χ4v) is 4.61. The highest BCUT2D eigenvalue weighted by Gasteiger charge is 2.39. The third kappa shape index (κ3) is 4.05. The molecule has 0 fully saturated rings. The Hall–Kier alpha value is -2.87. The van der Waals surface area contributed by atoms with Crippen LogP contribution in [0.25, 0.3) is 0 Å². The van der Waals surface area contributed by atoms with Gasteiger partial charge in [0, 0.05) is 24.1 Å². The highest BCUT2D eigenvalue weighted by Crippen LogP contribution is 2.48. The molecule has 7 nitrogen and oxygen atoms in total. The number of nitrogens with two attached hydrogens (primary N) is 1. The summed E-state index contributed by atoms with van der Waals surface area (Å²) in [4.78, 5) is 5.37. The van der Waals surface area contributed by atoms with Gasteiger partial charge in [-0.2, -0.15) is 5.10 Å². The van der Waals surface area contributed by atoms with Gasteiger partial charge in [-0.25, -0.2) is 0 Å². The molecule has 2 aromatic rings. The smallest absolute Gasteiger partial charge is 0.161 e. The van der Waals surface area contributed by atoms with Crippen LogP contribution in [-0.4, -0.2) is 45.1 Å². The first-order valence-corrected chi connectivity index (χ1v) is 10.6. The Kier molecular flexibility index (Phi) is 6.17. The molecule has 0 bridgehead atoms. The predicted molar refractivity (Wildman–Crippen MR) is 121 cm³/mol. The first-order valence-electron chi connectivity index (χ1n) is 9.61. The first-order chi connectivity index (χ1) is 14.2. The molecule has 0 aliphatic carbocycles. The van der Waals surface area contributed by atoms with Crippen molar-refractivity contribution in [3.63, 3.8) is 0 Å². The molecule has 0 radical (unpaired) electrons. The molecular formula is C22H27N3O4S. The van der Waals surface area contributed by atoms with E-state index in [9.17, 15) is 15.3 Å². The summed E-state index contributed by atoms with van der Waals surface area (Å²) < 4.78 is 6.37. The van der Waals surface area contributed by atoms with Crippen molar-refractivity contribution in [3.05, 3.63) is 40.5 Å². The predicted octanol–water partition coefficient (Wildman–Crippen LogP) is 3.60. The van der Waals surface area contributed by atoms with Crippen LogP contribution in [0.15, 0.2) is 33.2 Å². The number of rotatable bonds is 5. The maximum absolute atomic E-state index is 10.3. The molecule has 0 spiro atoms. The number of thioether (sulfide) groups is 1. The number of nitrogens with zero attached hydrogens (tertiary/aromatic N) is 2. The van der Waals surface area contributed by atoms with Crippen LogP contribution in [0.4, 0.5) is 0 Å². The van der Waals surface area contributed by atoms with Crippen molar-refractivity contribution >= 4 is 23.7 Å². The van der Waals surface area contributed by atoms with Crippen molar-refractivity contribution in [3.8, 4) is 23.0 Å². The number of phenolic OH excluding ortho intramolecular Hbond substituents is 3. The van der Waals surface area contributed by atoms with Crippen LogP contribution >= 0.6 is 11.8 Å². The highest BCUT2D eigenvalue weighted by molar-refractivity contribution is 7.99. The van der Waals surface area contributed by atoms with Gasteiger partial charge in [-0.3, -0.25) is 4.99 Å². The minimum Gasteiger partial charge on any atom is -0.507 e. The molecular weight excluding hydrogens is 402 g/mol. The van der Waals surface area contributed by atoms with Gasteiger partial charge in [0.25, 0.3) is 0 Å². The van der Waals surface area contributed by atoms with Gasteiger partial charge in [-0.05, 0) is 62.9 Å². The van der Waals surface area contributed by atoms with E-state index in [1.807, 2.05) is 27.7 Å². The lowest BCUT2D eigenvalue weighted by molar-refractivity contribution is 0.177. The molecule has 0 saturated heterocycles. The number of benzene rings is 2. The Labute approximate surface area is 180 Å². The Bertz CT molecular complexity index is 1040. The minimum atomic E-state index is -0.757. The van der Waals surface area contributed by atoms with E-state index in [0.29, 0.717) is 30.2 Å². The zero-order valence-electron chi connectivity index (χ0n) is 17.6. The van der Waals surface area contributed by atoms with E-state index < -0.39 is 5.60 Å². The third-order valence-electron chi connectivity index (χ3n) is 5.44. The van der Waals surface area contributed by atoms with Crippen LogP contribution in [-0.2, 0) is 6.42 Å². The summed E-state index contributed by atoms with van der Waals surface area (Å²) in [5, 5.41) is 33.2. The van der Waals surface area contributed by atoms with Gasteiger partial charge in [0.2, 0.25) is 0 Å². The number of hydrogen-bond donors (Lipinski definition) is 4. The molecule has 30 heavy (non-hydrogen) atoms. The van der Waals surface area contributed by atoms with Crippen LogP contribution in [0.3, 0.4) is 0 Å². The van der Waals surface area contributed by atoms with E-state index >= 15 is 0 Å². The van der Waals surface area contributed by atoms with Crippen LogP contribution < -0.4 is 10.6 Å². The number of hydrogen-bond acceptors (Lipinski definition) is 8. The second-order valence-electron chi connectivity index (χ2n) is 7.63. The van der Waals surface area contributed by atoms with Gasteiger partial charge in [0.05, 0.1) is 4.90 Å². The largest absolute Gasteiger partial charge is 0.507 e. The van der Waals surface area contributed by atoms with E-state index in [1.54, 1.807) is 24.0 Å². The quantitative estimate of drug-likeness (QED) is 0.249. The number of aromatic hydroxyl groups is 3. The zero-order valence-corrected chi connectivity index (χ0v) is 18.4. The molecule has 3 rings (SSSR count). The highest BCUT2D eigenvalue weighted by atomic mass is 32.2. The lowest BCUT2D eigenvalue weighted by atomic mass is 10.00. The van der Waals surface area contributed by atoms with Crippen LogP contribution in [0.2, 0.25) is 0 Å². The summed E-state index contributed by atoms with van der Waals surface area (Å²) in [6.07, 6.45) is 2.22. The fourth-order valence-electron chi connectivity index (χ4n) is 3.34. The summed E-state index contributed by atoms with van der Waals surface area (Å²) in [6, 6.07) is 4.71. The minimum absolute atomic E-state index is 0.144. The van der Waals surface area contributed by atoms with Gasteiger partial charge < -0.3 is 25.9 Å². The molecule has 0 saturated carbocycles. The Balaban J connectivity index is 1.75. The van der Waals surface area contributed by atoms with Crippen LogP contribution in [0.5, 0.6) is 23.0 Å². The molecule has 8 heteroatoms. The standard InChI is InChI=1S/C22H27N3O4S/c1-12-13(2)20-21(14(3)19(12)28)30-11-22(4,29-20)18(25-23)10-24-8-7-15-5-6-16(26)17(27)9-15/h5-6,9-10,26-28H,7-8,11,23H2,1-4H3/b24-10?,25-18+. The summed E-state index contributed by atoms with van der Waals surface area (Å²) in [5.41, 5.74) is 3.14. The van der Waals surface area contributed by atoms with E-state index in [1.165, 1.54) is 12.1 Å². The van der Waals surface area contributed by atoms with E-state index in [2.05, 4.69) is 10.1 Å². The molecule has 2 aromatic carbocycles. The van der Waals surface area contributed by atoms with Gasteiger partial charge in [-0.15, -0.1) is 11.8 Å². The number of hydrazone groups is 1. The van der Waals surface area contributed by atoms with Crippen molar-refractivity contribution in [2.24, 2.45) is 15.9 Å². The maximum Gasteiger partial charge on any atom is 0.161 e. The molecule has 1 aliphatic heterocycles. The Morgan fingerprint density at radius 2 is 1.90 bits per heavy atom. The molecule has 1 unspecified atom stereocenters. The van der Waals surface area contributed by atoms with Gasteiger partial charge in [-0.1, -0.05) is 6.07 Å². The van der Waals surface area contributed by atoms with Crippen LogP contribution in [0, 0.1) is 20.8 Å². The van der Waals surface area contributed by atoms with E-state index in [0.717, 1.165) is 32.9 Å². The Morgan fingerprint density at radius 3 is 2.57 bits per heavy atom. The second-order valence-corrected chi connectivity index (χ2v) is 8.61. The lowest BCUT2D eigenvalue weighted by Crippen LogP contribution is -2.47. The average molecular weight is 430 g/mol. The maximum atomic E-state index is 10.3. The zero-order chi connectivity index (χ0) is 22.1. The topological polar surface area (TPSA) is 121 Å². The first kappa shape index (κ1) is 21.8. The van der Waals surface area contributed by atoms with Crippen molar-refractivity contribution < 1.29 is 20.1 Å². The SMILES string of the molecule is Cc1c(C)c2c(c(C)c1O)SCC(C)(/C(C=NCCc1ccc(O)c(O)c1)=N/N)O2. The van der Waals surface area contributed by atoms with E-state index in [-0.39, 0.29) is 11.5 Å². The monoisotopic (exact) mass is 429 g/mol. The van der Waals surface area contributed by atoms with Gasteiger partial charge in [0.15, 0.2) is 17.1 Å².